The molecule has 1 saturated carbocycles. The molecule has 0 radical (unpaired) electrons. The van der Waals surface area contributed by atoms with Gasteiger partial charge < -0.3 is 15.7 Å². The summed E-state index contributed by atoms with van der Waals surface area (Å²) in [5.74, 6) is 1.24. The summed E-state index contributed by atoms with van der Waals surface area (Å²) in [4.78, 5) is 0. The first-order chi connectivity index (χ1) is 16.1. The van der Waals surface area contributed by atoms with Crippen molar-refractivity contribution in [1.29, 1.82) is 5.26 Å². The summed E-state index contributed by atoms with van der Waals surface area (Å²) in [5.41, 5.74) is 4.73. The Morgan fingerprint density at radius 3 is 2.82 bits per heavy atom. The number of fused-ring (bicyclic) bond motifs is 1. The van der Waals surface area contributed by atoms with E-state index in [-0.39, 0.29) is 0 Å². The van der Waals surface area contributed by atoms with Gasteiger partial charge in [0.1, 0.15) is 0 Å². The van der Waals surface area contributed by atoms with Crippen LogP contribution in [-0.4, -0.2) is 24.7 Å². The van der Waals surface area contributed by atoms with Gasteiger partial charge in [-0.15, -0.1) is 0 Å². The molecule has 8 heteroatoms. The van der Waals surface area contributed by atoms with Crippen LogP contribution in [-0.2, 0) is 6.54 Å². The number of aryl methyl sites for hydroxylation is 1. The van der Waals surface area contributed by atoms with Crippen molar-refractivity contribution < 1.29 is 5.11 Å². The van der Waals surface area contributed by atoms with Crippen LogP contribution in [0.5, 0.6) is 0 Å². The van der Waals surface area contributed by atoms with Crippen LogP contribution in [0.15, 0.2) is 42.9 Å². The second kappa shape index (κ2) is 9.12. The van der Waals surface area contributed by atoms with Crippen LogP contribution in [0.2, 0.25) is 0 Å². The number of hydrogen-bond acceptors (Lipinski definition) is 6. The van der Waals surface area contributed by atoms with Crippen LogP contribution >= 0.6 is 0 Å². The number of nitriles is 1. The fourth-order valence-electron chi connectivity index (χ4n) is 4.88. The average Bonchev–Trinajstić information content (AvgIpc) is 3.44. The Morgan fingerprint density at radius 1 is 1.21 bits per heavy atom. The van der Waals surface area contributed by atoms with E-state index in [4.69, 9.17) is 10.4 Å². The Bertz CT molecular complexity index is 1180. The number of anilines is 2. The minimum atomic E-state index is -0.793. The van der Waals surface area contributed by atoms with E-state index < -0.39 is 6.23 Å². The van der Waals surface area contributed by atoms with Crippen LogP contribution in [0.4, 0.5) is 11.5 Å². The van der Waals surface area contributed by atoms with Gasteiger partial charge in [-0.2, -0.15) is 15.5 Å². The first kappa shape index (κ1) is 21.3. The van der Waals surface area contributed by atoms with Gasteiger partial charge in [-0.05, 0) is 42.5 Å². The number of aliphatic hydroxyl groups is 1. The summed E-state index contributed by atoms with van der Waals surface area (Å²) in [7, 11) is 0. The maximum atomic E-state index is 10.7. The second-order valence-corrected chi connectivity index (χ2v) is 8.93. The van der Waals surface area contributed by atoms with Gasteiger partial charge in [0.25, 0.3) is 0 Å². The van der Waals surface area contributed by atoms with Crippen molar-refractivity contribution in [3.63, 3.8) is 0 Å². The third kappa shape index (κ3) is 4.24. The smallest absolute Gasteiger partial charge is 0.160 e. The molecular formula is C25H29N7O. The molecule has 3 aromatic rings. The van der Waals surface area contributed by atoms with Crippen LogP contribution < -0.4 is 10.6 Å². The molecule has 5 rings (SSSR count). The zero-order chi connectivity index (χ0) is 22.8. The van der Waals surface area contributed by atoms with E-state index in [2.05, 4.69) is 33.4 Å². The highest BCUT2D eigenvalue weighted by molar-refractivity contribution is 5.70. The van der Waals surface area contributed by atoms with E-state index in [0.717, 1.165) is 34.5 Å². The molecule has 1 fully saturated rings. The summed E-state index contributed by atoms with van der Waals surface area (Å²) in [6, 6.07) is 10.6. The summed E-state index contributed by atoms with van der Waals surface area (Å²) in [5, 5.41) is 35.1. The molecule has 33 heavy (non-hydrogen) atoms. The van der Waals surface area contributed by atoms with Crippen molar-refractivity contribution >= 4 is 17.6 Å². The molecule has 3 heterocycles. The summed E-state index contributed by atoms with van der Waals surface area (Å²) in [6.45, 7) is 2.89. The van der Waals surface area contributed by atoms with E-state index >= 15 is 0 Å². The van der Waals surface area contributed by atoms with Gasteiger partial charge in [0, 0.05) is 23.6 Å². The fraction of sp³-hybridized carbons (Fsp3) is 0.400. The highest BCUT2D eigenvalue weighted by atomic mass is 16.3. The molecule has 1 aliphatic heterocycles. The first-order valence-electron chi connectivity index (χ1n) is 11.6. The maximum Gasteiger partial charge on any atom is 0.160 e. The lowest BCUT2D eigenvalue weighted by Gasteiger charge is -2.30. The van der Waals surface area contributed by atoms with Gasteiger partial charge in [-0.1, -0.05) is 31.9 Å². The molecular weight excluding hydrogens is 414 g/mol. The van der Waals surface area contributed by atoms with Crippen LogP contribution in [0, 0.1) is 17.2 Å². The zero-order valence-electron chi connectivity index (χ0n) is 18.8. The summed E-state index contributed by atoms with van der Waals surface area (Å²) < 4.78 is 3.91. The Balaban J connectivity index is 1.39. The van der Waals surface area contributed by atoms with Crippen molar-refractivity contribution in [1.82, 2.24) is 24.9 Å². The number of benzene rings is 1. The highest BCUT2D eigenvalue weighted by Crippen LogP contribution is 2.39. The number of aromatic nitrogens is 4. The van der Waals surface area contributed by atoms with Gasteiger partial charge in [0.05, 0.1) is 42.5 Å². The lowest BCUT2D eigenvalue weighted by molar-refractivity contribution is 0.154. The van der Waals surface area contributed by atoms with E-state index in [1.807, 2.05) is 42.7 Å². The van der Waals surface area contributed by atoms with E-state index in [1.165, 1.54) is 19.3 Å². The van der Waals surface area contributed by atoms with Gasteiger partial charge >= 0.3 is 0 Å². The first-order valence-corrected chi connectivity index (χ1v) is 11.6. The van der Waals surface area contributed by atoms with E-state index in [0.29, 0.717) is 30.7 Å². The van der Waals surface area contributed by atoms with Gasteiger partial charge in [-0.25, -0.2) is 0 Å². The molecule has 0 bridgehead atoms. The summed E-state index contributed by atoms with van der Waals surface area (Å²) in [6.07, 6.45) is 12.0. The van der Waals surface area contributed by atoms with Gasteiger partial charge in [0.15, 0.2) is 12.0 Å². The Labute approximate surface area is 193 Å². The largest absolute Gasteiger partial charge is 0.369 e. The molecule has 3 N–H and O–H groups in total. The van der Waals surface area contributed by atoms with Crippen molar-refractivity contribution in [2.45, 2.75) is 57.8 Å². The highest BCUT2D eigenvalue weighted by Gasteiger charge is 2.31. The Kier molecular flexibility index (Phi) is 5.88. The Morgan fingerprint density at radius 2 is 2.03 bits per heavy atom. The standard InChI is InChI=1S/C25H29N7O/c1-17-5-2-3-6-21(17)32-22-11-13-27-25(33)23(22)24(30-32)29-20-9-7-18(8-10-20)19-15-28-31(16-19)14-4-12-26/h7-11,13,15-17,21,25,27,33H,2-6,14H2,1H3,(H,29,30)/t17-,21-,25?/m0/s1. The van der Waals surface area contributed by atoms with E-state index in [9.17, 15) is 5.11 Å². The molecule has 3 atom stereocenters. The predicted octanol–water partition coefficient (Wildman–Crippen LogP) is 4.72. The lowest BCUT2D eigenvalue weighted by atomic mass is 9.86. The molecule has 0 spiro atoms. The van der Waals surface area contributed by atoms with Crippen molar-refractivity contribution in [2.24, 2.45) is 5.92 Å². The zero-order valence-corrected chi connectivity index (χ0v) is 18.8. The number of nitrogens with zero attached hydrogens (tertiary/aromatic N) is 5. The molecule has 1 aliphatic carbocycles. The minimum absolute atomic E-state index is 0.345. The average molecular weight is 444 g/mol. The third-order valence-corrected chi connectivity index (χ3v) is 6.70. The van der Waals surface area contributed by atoms with Crippen LogP contribution in [0.25, 0.3) is 17.2 Å². The number of rotatable bonds is 6. The quantitative estimate of drug-likeness (QED) is 0.509. The lowest BCUT2D eigenvalue weighted by Crippen LogP contribution is -2.25. The third-order valence-electron chi connectivity index (χ3n) is 6.70. The molecule has 2 aliphatic rings. The fourth-order valence-corrected chi connectivity index (χ4v) is 4.88. The molecule has 170 valence electrons. The second-order valence-electron chi connectivity index (χ2n) is 8.93. The SMILES string of the molecule is C[C@H]1CCCC[C@@H]1n1nc(Nc2ccc(-c3cnn(CCC#N)c3)cc2)c2c1C=CNC2O. The van der Waals surface area contributed by atoms with Crippen LogP contribution in [0.3, 0.4) is 0 Å². The minimum Gasteiger partial charge on any atom is -0.369 e. The van der Waals surface area contributed by atoms with Crippen molar-refractivity contribution in [3.8, 4) is 17.2 Å². The monoisotopic (exact) mass is 443 g/mol. The van der Waals surface area contributed by atoms with E-state index in [1.54, 1.807) is 10.9 Å². The normalized spacial score (nSPS) is 21.8. The number of nitrogens with one attached hydrogen (secondary N) is 2. The van der Waals surface area contributed by atoms with Gasteiger partial charge in [0.2, 0.25) is 0 Å². The maximum absolute atomic E-state index is 10.7. The molecule has 1 aromatic carbocycles. The molecule has 8 nitrogen and oxygen atoms in total. The van der Waals surface area contributed by atoms with Crippen molar-refractivity contribution in [2.75, 3.05) is 5.32 Å². The topological polar surface area (TPSA) is 104 Å². The Hall–Kier alpha value is -3.57. The molecule has 0 saturated heterocycles. The van der Waals surface area contributed by atoms with Gasteiger partial charge in [-0.3, -0.25) is 9.36 Å². The summed E-state index contributed by atoms with van der Waals surface area (Å²) >= 11 is 0. The number of aliphatic hydroxyl groups excluding tert-OH is 1. The molecule has 2 aromatic heterocycles. The van der Waals surface area contributed by atoms with Crippen LogP contribution in [0.1, 0.15) is 62.6 Å². The van der Waals surface area contributed by atoms with Crippen molar-refractivity contribution in [3.05, 3.63) is 54.1 Å². The number of hydrogen-bond donors (Lipinski definition) is 3. The molecule has 1 unspecified atom stereocenters. The molecule has 0 amide bonds. The predicted molar refractivity (Wildman–Crippen MR) is 127 cm³/mol.